The highest BCUT2D eigenvalue weighted by Crippen LogP contribution is 2.64. The Morgan fingerprint density at radius 1 is 1.13 bits per heavy atom. The second-order valence-electron chi connectivity index (χ2n) is 9.14. The smallest absolute Gasteiger partial charge is 0.308 e. The number of thiazole rings is 1. The molecule has 3 heterocycles. The Kier molecular flexibility index (Phi) is 5.21. The average molecular weight is 477 g/mol. The van der Waals surface area contributed by atoms with Gasteiger partial charge >= 0.3 is 4.87 Å². The van der Waals surface area contributed by atoms with Crippen molar-refractivity contribution < 1.29 is 9.53 Å². The van der Waals surface area contributed by atoms with Crippen molar-refractivity contribution in [1.82, 2.24) is 9.47 Å². The van der Waals surface area contributed by atoms with Crippen LogP contribution in [0.3, 0.4) is 0 Å². The van der Waals surface area contributed by atoms with E-state index in [-0.39, 0.29) is 23.2 Å². The van der Waals surface area contributed by atoms with Crippen LogP contribution in [0.15, 0.2) is 34.1 Å². The van der Waals surface area contributed by atoms with Crippen LogP contribution in [0.4, 0.5) is 0 Å². The second kappa shape index (κ2) is 7.94. The van der Waals surface area contributed by atoms with Crippen molar-refractivity contribution in [3.63, 3.8) is 0 Å². The molecule has 6 rings (SSSR count). The fourth-order valence-corrected chi connectivity index (χ4v) is 9.46. The van der Waals surface area contributed by atoms with Crippen molar-refractivity contribution in [2.24, 2.45) is 17.8 Å². The van der Waals surface area contributed by atoms with Crippen molar-refractivity contribution >= 4 is 40.6 Å². The summed E-state index contributed by atoms with van der Waals surface area (Å²) in [4.78, 5) is 29.0. The molecule has 0 unspecified atom stereocenters. The van der Waals surface area contributed by atoms with E-state index in [2.05, 4.69) is 12.1 Å². The summed E-state index contributed by atoms with van der Waals surface area (Å²) in [5.74, 6) is 2.27. The lowest BCUT2D eigenvalue weighted by Crippen LogP contribution is -2.43. The molecule has 1 saturated heterocycles. The number of aromatic nitrogens is 1. The third kappa shape index (κ3) is 3.39. The van der Waals surface area contributed by atoms with E-state index in [1.807, 2.05) is 28.8 Å². The highest BCUT2D eigenvalue weighted by atomic mass is 35.5. The maximum Gasteiger partial charge on any atom is 0.308 e. The molecule has 1 aromatic carbocycles. The summed E-state index contributed by atoms with van der Waals surface area (Å²) in [6.45, 7) is 2.49. The summed E-state index contributed by atoms with van der Waals surface area (Å²) in [6, 6.07) is 8.18. The van der Waals surface area contributed by atoms with Gasteiger partial charge in [-0.2, -0.15) is 0 Å². The number of amides is 1. The van der Waals surface area contributed by atoms with E-state index < -0.39 is 0 Å². The predicted octanol–water partition coefficient (Wildman–Crippen LogP) is 4.07. The number of halogens is 1. The van der Waals surface area contributed by atoms with E-state index in [9.17, 15) is 9.59 Å². The number of rotatable bonds is 3. The van der Waals surface area contributed by atoms with E-state index in [1.165, 1.54) is 36.2 Å². The first-order valence-corrected chi connectivity index (χ1v) is 13.2. The van der Waals surface area contributed by atoms with Gasteiger partial charge in [0.25, 0.3) is 0 Å². The molecule has 2 aliphatic carbocycles. The number of carbonyl (C=O) groups is 1. The van der Waals surface area contributed by atoms with Crippen LogP contribution in [0, 0.1) is 17.8 Å². The predicted molar refractivity (Wildman–Crippen MR) is 123 cm³/mol. The van der Waals surface area contributed by atoms with Crippen LogP contribution in [0.25, 0.3) is 0 Å². The Bertz CT molecular complexity index is 1060. The lowest BCUT2D eigenvalue weighted by Gasteiger charge is -2.40. The van der Waals surface area contributed by atoms with E-state index in [0.717, 1.165) is 26.8 Å². The fraction of sp³-hybridized carbons (Fsp3) is 0.565. The zero-order valence-electron chi connectivity index (χ0n) is 17.2. The van der Waals surface area contributed by atoms with Gasteiger partial charge in [0.2, 0.25) is 5.91 Å². The molecular weight excluding hydrogens is 452 g/mol. The van der Waals surface area contributed by atoms with Gasteiger partial charge in [-0.1, -0.05) is 35.1 Å². The van der Waals surface area contributed by atoms with Gasteiger partial charge in [-0.3, -0.25) is 14.2 Å². The van der Waals surface area contributed by atoms with Gasteiger partial charge in [0.05, 0.1) is 18.2 Å². The van der Waals surface area contributed by atoms with Crippen LogP contribution >= 0.6 is 34.7 Å². The van der Waals surface area contributed by atoms with Crippen LogP contribution in [-0.4, -0.2) is 46.9 Å². The third-order valence-electron chi connectivity index (χ3n) is 7.58. The normalized spacial score (nSPS) is 31.5. The van der Waals surface area contributed by atoms with Gasteiger partial charge in [0.1, 0.15) is 6.54 Å². The molecule has 0 spiro atoms. The van der Waals surface area contributed by atoms with Gasteiger partial charge in [0, 0.05) is 34.2 Å². The Morgan fingerprint density at radius 2 is 1.87 bits per heavy atom. The number of benzene rings is 1. The fourth-order valence-electron chi connectivity index (χ4n) is 6.18. The van der Waals surface area contributed by atoms with Crippen LogP contribution < -0.4 is 4.87 Å². The molecule has 2 bridgehead atoms. The SMILES string of the molecule is O=C(Cn1c2c(sc1=O)[C@@H](c1ccc(Cl)cc1)[C@@H]1[C@H]3CC[C@@H](C3)[C@H]1S2)N1CCOCC1. The number of fused-ring (bicyclic) bond motifs is 6. The molecule has 1 aromatic heterocycles. The van der Waals surface area contributed by atoms with Crippen molar-refractivity contribution in [3.05, 3.63) is 49.4 Å². The molecule has 2 aromatic rings. The summed E-state index contributed by atoms with van der Waals surface area (Å²) in [6.07, 6.45) is 3.90. The largest absolute Gasteiger partial charge is 0.378 e. The van der Waals surface area contributed by atoms with E-state index in [1.54, 1.807) is 4.57 Å². The van der Waals surface area contributed by atoms with Crippen molar-refractivity contribution in [2.45, 2.75) is 42.0 Å². The lowest BCUT2D eigenvalue weighted by atomic mass is 9.75. The van der Waals surface area contributed by atoms with Crippen LogP contribution in [-0.2, 0) is 16.1 Å². The molecule has 8 heteroatoms. The van der Waals surface area contributed by atoms with Crippen LogP contribution in [0.2, 0.25) is 5.02 Å². The number of hydrogen-bond acceptors (Lipinski definition) is 5. The minimum Gasteiger partial charge on any atom is -0.378 e. The highest BCUT2D eigenvalue weighted by Gasteiger charge is 2.55. The zero-order chi connectivity index (χ0) is 21.1. The summed E-state index contributed by atoms with van der Waals surface area (Å²) in [5.41, 5.74) is 1.25. The number of carbonyl (C=O) groups excluding carboxylic acids is 1. The Hall–Kier alpha value is -1.28. The number of ether oxygens (including phenoxy) is 1. The quantitative estimate of drug-likeness (QED) is 0.670. The van der Waals surface area contributed by atoms with Crippen molar-refractivity contribution in [2.75, 3.05) is 26.3 Å². The van der Waals surface area contributed by atoms with Crippen molar-refractivity contribution in [3.8, 4) is 0 Å². The molecule has 164 valence electrons. The molecule has 2 saturated carbocycles. The Balaban J connectivity index is 1.40. The number of nitrogens with zero attached hydrogens (tertiary/aromatic N) is 2. The lowest BCUT2D eigenvalue weighted by molar-refractivity contribution is -0.136. The first-order valence-electron chi connectivity index (χ1n) is 11.1. The van der Waals surface area contributed by atoms with Gasteiger partial charge in [-0.05, 0) is 54.7 Å². The Labute approximate surface area is 194 Å². The van der Waals surface area contributed by atoms with Gasteiger partial charge in [-0.25, -0.2) is 0 Å². The third-order valence-corrected chi connectivity index (χ3v) is 10.7. The van der Waals surface area contributed by atoms with Gasteiger partial charge < -0.3 is 9.64 Å². The number of thioether (sulfide) groups is 1. The van der Waals surface area contributed by atoms with E-state index in [0.29, 0.717) is 37.5 Å². The molecule has 1 amide bonds. The first kappa shape index (κ1) is 20.3. The topological polar surface area (TPSA) is 51.5 Å². The van der Waals surface area contributed by atoms with Crippen molar-refractivity contribution in [1.29, 1.82) is 0 Å². The van der Waals surface area contributed by atoms with E-state index in [4.69, 9.17) is 16.3 Å². The van der Waals surface area contributed by atoms with Gasteiger partial charge in [-0.15, -0.1) is 11.8 Å². The summed E-state index contributed by atoms with van der Waals surface area (Å²) in [7, 11) is 0. The molecule has 2 aliphatic heterocycles. The molecule has 31 heavy (non-hydrogen) atoms. The Morgan fingerprint density at radius 3 is 2.65 bits per heavy atom. The molecule has 4 aliphatic rings. The first-order chi connectivity index (χ1) is 15.1. The standard InChI is InChI=1S/C23H25ClN2O3S2/c24-16-5-3-13(4-6-16)18-19-14-1-2-15(11-14)20(19)30-22-21(18)31-23(28)26(22)12-17(27)25-7-9-29-10-8-25/h3-6,14-15,18-20H,1-2,7-12H2/t14-,15-,18-,19-,20+/m0/s1. The molecule has 5 nitrogen and oxygen atoms in total. The number of morpholine rings is 1. The summed E-state index contributed by atoms with van der Waals surface area (Å²) in [5, 5.41) is 2.30. The highest BCUT2D eigenvalue weighted by molar-refractivity contribution is 8.00. The minimum atomic E-state index is -0.00890. The summed E-state index contributed by atoms with van der Waals surface area (Å²) >= 11 is 9.41. The summed E-state index contributed by atoms with van der Waals surface area (Å²) < 4.78 is 7.13. The molecule has 5 atom stereocenters. The molecule has 3 fully saturated rings. The molecule has 0 N–H and O–H groups in total. The second-order valence-corrected chi connectivity index (χ2v) is 11.7. The maximum absolute atomic E-state index is 13.1. The zero-order valence-corrected chi connectivity index (χ0v) is 19.6. The molecular formula is C23H25ClN2O3S2. The number of hydrogen-bond donors (Lipinski definition) is 0. The molecule has 0 radical (unpaired) electrons. The maximum atomic E-state index is 13.1. The van der Waals surface area contributed by atoms with Gasteiger partial charge in [0.15, 0.2) is 0 Å². The van der Waals surface area contributed by atoms with Crippen LogP contribution in [0.5, 0.6) is 0 Å². The average Bonchev–Trinajstić information content (AvgIpc) is 3.48. The minimum absolute atomic E-state index is 0.00890. The van der Waals surface area contributed by atoms with E-state index >= 15 is 0 Å². The van der Waals surface area contributed by atoms with Crippen LogP contribution in [0.1, 0.15) is 35.6 Å². The monoisotopic (exact) mass is 476 g/mol.